The van der Waals surface area contributed by atoms with E-state index in [-0.39, 0.29) is 23.8 Å². The first-order valence-corrected chi connectivity index (χ1v) is 11.2. The lowest BCUT2D eigenvalue weighted by molar-refractivity contribution is 0.0644. The maximum Gasteiger partial charge on any atom is 0.246 e. The molecule has 1 saturated heterocycles. The third kappa shape index (κ3) is 4.47. The van der Waals surface area contributed by atoms with Crippen molar-refractivity contribution < 1.29 is 18.3 Å². The lowest BCUT2D eigenvalue weighted by atomic mass is 9.76. The number of nitrogens with zero attached hydrogens (tertiary/aromatic N) is 1. The minimum absolute atomic E-state index is 0.0407. The molecule has 0 aromatic heterocycles. The average Bonchev–Trinajstić information content (AvgIpc) is 2.68. The van der Waals surface area contributed by atoms with Gasteiger partial charge in [-0.1, -0.05) is 35.3 Å². The van der Waals surface area contributed by atoms with E-state index < -0.39 is 15.4 Å². The zero-order valence-electron chi connectivity index (χ0n) is 15.6. The summed E-state index contributed by atoms with van der Waals surface area (Å²) in [6.07, 6.45) is 1.93. The number of rotatable bonds is 6. The van der Waals surface area contributed by atoms with Gasteiger partial charge in [0.1, 0.15) is 10.6 Å². The van der Waals surface area contributed by atoms with Crippen molar-refractivity contribution in [2.45, 2.75) is 24.2 Å². The SMILES string of the molecule is COc1ccc(Cl)cc1S(=O)(=O)N1CCCC(CO)(Cc2cccc(Cl)c2)C1. The van der Waals surface area contributed by atoms with Crippen LogP contribution < -0.4 is 4.74 Å². The molecule has 0 bridgehead atoms. The summed E-state index contributed by atoms with van der Waals surface area (Å²) in [5.41, 5.74) is 0.406. The van der Waals surface area contributed by atoms with Gasteiger partial charge in [-0.25, -0.2) is 8.42 Å². The number of halogens is 2. The Hall–Kier alpha value is -1.31. The van der Waals surface area contributed by atoms with E-state index in [1.54, 1.807) is 18.2 Å². The highest BCUT2D eigenvalue weighted by molar-refractivity contribution is 7.89. The van der Waals surface area contributed by atoms with Crippen molar-refractivity contribution in [2.24, 2.45) is 5.41 Å². The normalized spacial score (nSPS) is 20.9. The predicted octanol–water partition coefficient (Wildman–Crippen LogP) is 4.01. The summed E-state index contributed by atoms with van der Waals surface area (Å²) < 4.78 is 33.3. The maximum absolute atomic E-state index is 13.3. The van der Waals surface area contributed by atoms with Crippen LogP contribution in [0.15, 0.2) is 47.4 Å². The van der Waals surface area contributed by atoms with Gasteiger partial charge in [-0.05, 0) is 55.2 Å². The number of hydrogen-bond donors (Lipinski definition) is 1. The highest BCUT2D eigenvalue weighted by Crippen LogP contribution is 2.38. The fraction of sp³-hybridized carbons (Fsp3) is 0.400. The third-order valence-corrected chi connectivity index (χ3v) is 7.51. The minimum atomic E-state index is -3.82. The second kappa shape index (κ2) is 8.59. The van der Waals surface area contributed by atoms with E-state index in [9.17, 15) is 13.5 Å². The van der Waals surface area contributed by atoms with Crippen LogP contribution in [-0.2, 0) is 16.4 Å². The third-order valence-electron chi connectivity index (χ3n) is 5.17. The van der Waals surface area contributed by atoms with E-state index in [1.165, 1.54) is 17.5 Å². The van der Waals surface area contributed by atoms with Gasteiger partial charge in [0, 0.05) is 28.5 Å². The van der Waals surface area contributed by atoms with Gasteiger partial charge in [0.25, 0.3) is 0 Å². The number of aliphatic hydroxyl groups is 1. The van der Waals surface area contributed by atoms with Crippen LogP contribution in [0.2, 0.25) is 10.0 Å². The molecule has 0 saturated carbocycles. The molecule has 1 heterocycles. The zero-order valence-corrected chi connectivity index (χ0v) is 17.9. The molecule has 0 radical (unpaired) electrons. The lowest BCUT2D eigenvalue weighted by Gasteiger charge is -2.41. The molecule has 1 aliphatic rings. The van der Waals surface area contributed by atoms with Gasteiger partial charge in [-0.2, -0.15) is 4.31 Å². The molecule has 0 spiro atoms. The van der Waals surface area contributed by atoms with Crippen molar-refractivity contribution in [3.05, 3.63) is 58.1 Å². The molecule has 8 heteroatoms. The molecule has 1 atom stereocenters. The summed E-state index contributed by atoms with van der Waals surface area (Å²) in [7, 11) is -2.40. The Morgan fingerprint density at radius 1 is 1.18 bits per heavy atom. The molecule has 1 fully saturated rings. The predicted molar refractivity (Wildman–Crippen MR) is 111 cm³/mol. The van der Waals surface area contributed by atoms with Gasteiger partial charge in [0.2, 0.25) is 10.0 Å². The number of benzene rings is 2. The summed E-state index contributed by atoms with van der Waals surface area (Å²) in [6, 6.07) is 12.0. The van der Waals surface area contributed by atoms with E-state index in [1.807, 2.05) is 18.2 Å². The summed E-state index contributed by atoms with van der Waals surface area (Å²) in [6.45, 7) is 0.488. The molecular weight excluding hydrogens is 421 g/mol. The summed E-state index contributed by atoms with van der Waals surface area (Å²) in [5.74, 6) is 0.249. The monoisotopic (exact) mass is 443 g/mol. The standard InChI is InChI=1S/C20H23Cl2NO4S/c1-27-18-7-6-17(22)11-19(18)28(25,26)23-9-3-8-20(13-23,14-24)12-15-4-2-5-16(21)10-15/h2,4-7,10-11,24H,3,8-9,12-14H2,1H3. The van der Waals surface area contributed by atoms with Gasteiger partial charge in [0.15, 0.2) is 0 Å². The van der Waals surface area contributed by atoms with Gasteiger partial charge >= 0.3 is 0 Å². The van der Waals surface area contributed by atoms with E-state index in [2.05, 4.69) is 0 Å². The highest BCUT2D eigenvalue weighted by atomic mass is 35.5. The number of sulfonamides is 1. The van der Waals surface area contributed by atoms with Crippen LogP contribution in [0.4, 0.5) is 0 Å². The molecule has 2 aromatic rings. The molecule has 3 rings (SSSR count). The number of methoxy groups -OCH3 is 1. The van der Waals surface area contributed by atoms with E-state index in [4.69, 9.17) is 27.9 Å². The van der Waals surface area contributed by atoms with Crippen LogP contribution in [0.5, 0.6) is 5.75 Å². The highest BCUT2D eigenvalue weighted by Gasteiger charge is 2.40. The first-order chi connectivity index (χ1) is 13.3. The van der Waals surface area contributed by atoms with Gasteiger partial charge in [0.05, 0.1) is 13.7 Å². The molecule has 1 aliphatic heterocycles. The topological polar surface area (TPSA) is 66.8 Å². The molecule has 28 heavy (non-hydrogen) atoms. The molecule has 152 valence electrons. The van der Waals surface area contributed by atoms with Crippen LogP contribution >= 0.6 is 23.2 Å². The van der Waals surface area contributed by atoms with Crippen molar-refractivity contribution >= 4 is 33.2 Å². The van der Waals surface area contributed by atoms with Crippen molar-refractivity contribution in [1.82, 2.24) is 4.31 Å². The van der Waals surface area contributed by atoms with Crippen molar-refractivity contribution in [3.63, 3.8) is 0 Å². The Morgan fingerprint density at radius 3 is 2.61 bits per heavy atom. The first-order valence-electron chi connectivity index (χ1n) is 8.99. The number of ether oxygens (including phenoxy) is 1. The Bertz CT molecular complexity index is 951. The molecule has 0 aliphatic carbocycles. The van der Waals surface area contributed by atoms with E-state index in [0.717, 1.165) is 12.0 Å². The van der Waals surface area contributed by atoms with Crippen molar-refractivity contribution in [3.8, 4) is 5.75 Å². The summed E-state index contributed by atoms with van der Waals surface area (Å²) in [5, 5.41) is 11.1. The second-order valence-electron chi connectivity index (χ2n) is 7.20. The molecule has 0 amide bonds. The van der Waals surface area contributed by atoms with Gasteiger partial charge in [-0.3, -0.25) is 0 Å². The number of aliphatic hydroxyl groups excluding tert-OH is 1. The summed E-state index contributed by atoms with van der Waals surface area (Å²) >= 11 is 12.1. The molecular formula is C20H23Cl2NO4S. The largest absolute Gasteiger partial charge is 0.495 e. The molecule has 1 unspecified atom stereocenters. The fourth-order valence-electron chi connectivity index (χ4n) is 3.77. The average molecular weight is 444 g/mol. The van der Waals surface area contributed by atoms with Crippen LogP contribution in [0, 0.1) is 5.41 Å². The molecule has 1 N–H and O–H groups in total. The Kier molecular flexibility index (Phi) is 6.57. The van der Waals surface area contributed by atoms with Crippen LogP contribution in [0.1, 0.15) is 18.4 Å². The summed E-state index contributed by atoms with van der Waals surface area (Å²) in [4.78, 5) is 0.0407. The van der Waals surface area contributed by atoms with Crippen LogP contribution in [0.25, 0.3) is 0 Å². The van der Waals surface area contributed by atoms with Crippen LogP contribution in [0.3, 0.4) is 0 Å². The van der Waals surface area contributed by atoms with Crippen molar-refractivity contribution in [1.29, 1.82) is 0 Å². The Morgan fingerprint density at radius 2 is 1.93 bits per heavy atom. The minimum Gasteiger partial charge on any atom is -0.495 e. The van der Waals surface area contributed by atoms with Crippen molar-refractivity contribution in [2.75, 3.05) is 26.8 Å². The smallest absolute Gasteiger partial charge is 0.246 e. The quantitative estimate of drug-likeness (QED) is 0.731. The van der Waals surface area contributed by atoms with E-state index >= 15 is 0 Å². The number of piperidine rings is 1. The zero-order chi connectivity index (χ0) is 20.4. The second-order valence-corrected chi connectivity index (χ2v) is 9.98. The van der Waals surface area contributed by atoms with E-state index in [0.29, 0.717) is 29.4 Å². The van der Waals surface area contributed by atoms with Gasteiger partial charge in [-0.15, -0.1) is 0 Å². The molecule has 5 nitrogen and oxygen atoms in total. The Balaban J connectivity index is 1.92. The first kappa shape index (κ1) is 21.4. The Labute approximate surface area is 175 Å². The van der Waals surface area contributed by atoms with Gasteiger partial charge < -0.3 is 9.84 Å². The number of hydrogen-bond acceptors (Lipinski definition) is 4. The maximum atomic E-state index is 13.3. The van der Waals surface area contributed by atoms with Crippen LogP contribution in [-0.4, -0.2) is 44.6 Å². The fourth-order valence-corrected chi connectivity index (χ4v) is 5.99. The molecule has 2 aromatic carbocycles. The lowest BCUT2D eigenvalue weighted by Crippen LogP contribution is -2.48.